The van der Waals surface area contributed by atoms with E-state index in [9.17, 15) is 19.7 Å². The fourth-order valence-electron chi connectivity index (χ4n) is 2.62. The average molecular weight is 367 g/mol. The Hall–Kier alpha value is -3.75. The minimum absolute atomic E-state index is 0.101. The summed E-state index contributed by atoms with van der Waals surface area (Å²) in [4.78, 5) is 42.5. The second-order valence-electron chi connectivity index (χ2n) is 6.13. The van der Waals surface area contributed by atoms with E-state index in [2.05, 4.69) is 15.3 Å². The number of amides is 1. The Kier molecular flexibility index (Phi) is 4.84. The summed E-state index contributed by atoms with van der Waals surface area (Å²) in [5.74, 6) is -0.101. The quantitative estimate of drug-likeness (QED) is 0.526. The van der Waals surface area contributed by atoms with Gasteiger partial charge in [-0.15, -0.1) is 0 Å². The standard InChI is InChI=1S/C18H17N5O4/c1-22(2)18(25)12-5-3-11(4-6-12)9-19-15-8-14-13(7-16(15)23(26)27)17(24)21-10-20-14/h3-8,10,19H,9H2,1-2H3,(H,20,21,24). The average Bonchev–Trinajstić information content (AvgIpc) is 2.65. The summed E-state index contributed by atoms with van der Waals surface area (Å²) < 4.78 is 0. The Balaban J connectivity index is 1.86. The Morgan fingerprint density at radius 1 is 1.26 bits per heavy atom. The summed E-state index contributed by atoms with van der Waals surface area (Å²) in [5.41, 5.74) is 1.39. The van der Waals surface area contributed by atoms with Crippen LogP contribution in [0, 0.1) is 10.1 Å². The van der Waals surface area contributed by atoms with Crippen molar-refractivity contribution in [2.45, 2.75) is 6.54 Å². The number of anilines is 1. The number of aromatic amines is 1. The third-order valence-corrected chi connectivity index (χ3v) is 4.04. The number of benzene rings is 2. The molecule has 0 spiro atoms. The van der Waals surface area contributed by atoms with Gasteiger partial charge < -0.3 is 15.2 Å². The predicted octanol–water partition coefficient (Wildman–Crippen LogP) is 2.15. The smallest absolute Gasteiger partial charge is 0.293 e. The van der Waals surface area contributed by atoms with Crippen LogP contribution < -0.4 is 10.9 Å². The van der Waals surface area contributed by atoms with Gasteiger partial charge in [0.25, 0.3) is 17.2 Å². The number of nitro groups is 1. The van der Waals surface area contributed by atoms with Crippen LogP contribution in [0.25, 0.3) is 10.9 Å². The maximum absolute atomic E-state index is 11.9. The number of aromatic nitrogens is 2. The Bertz CT molecular complexity index is 1070. The normalized spacial score (nSPS) is 10.6. The lowest BCUT2D eigenvalue weighted by atomic mass is 10.1. The van der Waals surface area contributed by atoms with Crippen LogP contribution in [0.2, 0.25) is 0 Å². The van der Waals surface area contributed by atoms with Gasteiger partial charge in [-0.05, 0) is 23.8 Å². The van der Waals surface area contributed by atoms with Gasteiger partial charge >= 0.3 is 0 Å². The van der Waals surface area contributed by atoms with Gasteiger partial charge in [0, 0.05) is 32.3 Å². The number of hydrogen-bond acceptors (Lipinski definition) is 6. The molecule has 0 saturated carbocycles. The van der Waals surface area contributed by atoms with Crippen molar-refractivity contribution in [1.82, 2.24) is 14.9 Å². The highest BCUT2D eigenvalue weighted by atomic mass is 16.6. The SMILES string of the molecule is CN(C)C(=O)c1ccc(CNc2cc3nc[nH]c(=O)c3cc2[N+](=O)[O-])cc1. The van der Waals surface area contributed by atoms with Crippen LogP contribution in [0.15, 0.2) is 47.5 Å². The second-order valence-corrected chi connectivity index (χ2v) is 6.13. The van der Waals surface area contributed by atoms with Crippen molar-refractivity contribution in [1.29, 1.82) is 0 Å². The molecular weight excluding hydrogens is 350 g/mol. The number of H-pyrrole nitrogens is 1. The topological polar surface area (TPSA) is 121 Å². The molecule has 2 N–H and O–H groups in total. The third-order valence-electron chi connectivity index (χ3n) is 4.04. The van der Waals surface area contributed by atoms with Crippen LogP contribution in [0.1, 0.15) is 15.9 Å². The maximum atomic E-state index is 11.9. The monoisotopic (exact) mass is 367 g/mol. The van der Waals surface area contributed by atoms with E-state index in [-0.39, 0.29) is 22.7 Å². The lowest BCUT2D eigenvalue weighted by Crippen LogP contribution is -2.21. The van der Waals surface area contributed by atoms with Crippen LogP contribution in [0.3, 0.4) is 0 Å². The number of rotatable bonds is 5. The van der Waals surface area contributed by atoms with Gasteiger partial charge in [0.1, 0.15) is 5.69 Å². The fourth-order valence-corrected chi connectivity index (χ4v) is 2.62. The molecule has 1 aromatic heterocycles. The lowest BCUT2D eigenvalue weighted by Gasteiger charge is -2.11. The number of carbonyl (C=O) groups excluding carboxylic acids is 1. The van der Waals surface area contributed by atoms with Crippen molar-refractivity contribution in [3.8, 4) is 0 Å². The highest BCUT2D eigenvalue weighted by molar-refractivity contribution is 5.93. The van der Waals surface area contributed by atoms with E-state index in [0.29, 0.717) is 17.6 Å². The molecule has 0 fully saturated rings. The van der Waals surface area contributed by atoms with Gasteiger partial charge in [0.05, 0.1) is 22.2 Å². The summed E-state index contributed by atoms with van der Waals surface area (Å²) in [7, 11) is 3.35. The molecule has 0 bridgehead atoms. The summed E-state index contributed by atoms with van der Waals surface area (Å²) >= 11 is 0. The van der Waals surface area contributed by atoms with Crippen LogP contribution in [-0.2, 0) is 6.54 Å². The van der Waals surface area contributed by atoms with Gasteiger partial charge in [0.2, 0.25) is 0 Å². The molecule has 138 valence electrons. The first kappa shape index (κ1) is 18.1. The summed E-state index contributed by atoms with van der Waals surface area (Å²) in [5, 5.41) is 14.5. The number of nitro benzene ring substituents is 1. The first-order valence-electron chi connectivity index (χ1n) is 8.07. The number of fused-ring (bicyclic) bond motifs is 1. The Morgan fingerprint density at radius 2 is 1.96 bits per heavy atom. The molecule has 0 atom stereocenters. The van der Waals surface area contributed by atoms with Crippen LogP contribution in [0.4, 0.5) is 11.4 Å². The summed E-state index contributed by atoms with van der Waals surface area (Å²) in [6.07, 6.45) is 1.25. The molecule has 1 amide bonds. The molecule has 0 aliphatic carbocycles. The second kappa shape index (κ2) is 7.24. The minimum Gasteiger partial charge on any atom is -0.375 e. The molecule has 0 unspecified atom stereocenters. The van der Waals surface area contributed by atoms with Crippen molar-refractivity contribution in [2.75, 3.05) is 19.4 Å². The van der Waals surface area contributed by atoms with E-state index < -0.39 is 10.5 Å². The Morgan fingerprint density at radius 3 is 2.59 bits per heavy atom. The molecule has 9 nitrogen and oxygen atoms in total. The van der Waals surface area contributed by atoms with Gasteiger partial charge in [-0.25, -0.2) is 4.98 Å². The van der Waals surface area contributed by atoms with Crippen molar-refractivity contribution < 1.29 is 9.72 Å². The van der Waals surface area contributed by atoms with Crippen molar-refractivity contribution >= 4 is 28.2 Å². The summed E-state index contributed by atoms with van der Waals surface area (Å²) in [6, 6.07) is 9.65. The van der Waals surface area contributed by atoms with E-state index in [1.54, 1.807) is 38.4 Å². The number of nitrogens with one attached hydrogen (secondary N) is 2. The largest absolute Gasteiger partial charge is 0.375 e. The molecule has 1 heterocycles. The molecule has 9 heteroatoms. The van der Waals surface area contributed by atoms with Gasteiger partial charge in [-0.1, -0.05) is 12.1 Å². The molecule has 0 aliphatic heterocycles. The molecule has 3 rings (SSSR count). The molecule has 27 heavy (non-hydrogen) atoms. The highest BCUT2D eigenvalue weighted by Gasteiger charge is 2.17. The first-order valence-corrected chi connectivity index (χ1v) is 8.07. The van der Waals surface area contributed by atoms with Gasteiger partial charge in [-0.3, -0.25) is 19.7 Å². The molecule has 0 radical (unpaired) electrons. The van der Waals surface area contributed by atoms with E-state index in [1.165, 1.54) is 23.4 Å². The molecular formula is C18H17N5O4. The van der Waals surface area contributed by atoms with E-state index in [4.69, 9.17) is 0 Å². The van der Waals surface area contributed by atoms with Crippen LogP contribution in [0.5, 0.6) is 0 Å². The van der Waals surface area contributed by atoms with E-state index >= 15 is 0 Å². The zero-order chi connectivity index (χ0) is 19.6. The molecule has 0 saturated heterocycles. The van der Waals surface area contributed by atoms with E-state index in [1.807, 2.05) is 0 Å². The van der Waals surface area contributed by atoms with Crippen molar-refractivity contribution in [3.63, 3.8) is 0 Å². The van der Waals surface area contributed by atoms with Gasteiger partial charge in [0.15, 0.2) is 0 Å². The lowest BCUT2D eigenvalue weighted by molar-refractivity contribution is -0.383. The van der Waals surface area contributed by atoms with Gasteiger partial charge in [-0.2, -0.15) is 0 Å². The molecule has 0 aliphatic rings. The zero-order valence-electron chi connectivity index (χ0n) is 14.7. The first-order chi connectivity index (χ1) is 12.9. The zero-order valence-corrected chi connectivity index (χ0v) is 14.7. The van der Waals surface area contributed by atoms with Crippen molar-refractivity contribution in [3.05, 3.63) is 74.3 Å². The third kappa shape index (κ3) is 3.76. The predicted molar refractivity (Wildman–Crippen MR) is 101 cm³/mol. The number of nitrogens with zero attached hydrogens (tertiary/aromatic N) is 3. The fraction of sp³-hybridized carbons (Fsp3) is 0.167. The maximum Gasteiger partial charge on any atom is 0.293 e. The molecule has 3 aromatic rings. The van der Waals surface area contributed by atoms with Crippen LogP contribution >= 0.6 is 0 Å². The Labute approximate surface area is 153 Å². The minimum atomic E-state index is -0.549. The number of carbonyl (C=O) groups is 1. The summed E-state index contributed by atoms with van der Waals surface area (Å²) in [6.45, 7) is 0.311. The molecule has 2 aromatic carbocycles. The highest BCUT2D eigenvalue weighted by Crippen LogP contribution is 2.28. The van der Waals surface area contributed by atoms with Crippen molar-refractivity contribution in [2.24, 2.45) is 0 Å². The van der Waals surface area contributed by atoms with Crippen LogP contribution in [-0.4, -0.2) is 39.8 Å². The van der Waals surface area contributed by atoms with E-state index in [0.717, 1.165) is 5.56 Å². The number of hydrogen-bond donors (Lipinski definition) is 2.